The van der Waals surface area contributed by atoms with Crippen molar-refractivity contribution in [3.63, 3.8) is 0 Å². The molecule has 0 aromatic heterocycles. The Labute approximate surface area is 227 Å². The van der Waals surface area contributed by atoms with E-state index in [-0.39, 0.29) is 30.7 Å². The van der Waals surface area contributed by atoms with Gasteiger partial charge in [-0.25, -0.2) is 8.78 Å². The SMILES string of the molecule is C[C@@H]1C(=O)N[C@H](Cc2ccc(F)cc2)C(=O)NCCCc2cc(F)ccc2OCCN[C@@H](C2CC2)C(=O)N1C. The molecule has 2 aliphatic rings. The zero-order valence-electron chi connectivity index (χ0n) is 22.3. The molecule has 2 aromatic rings. The molecule has 0 spiro atoms. The van der Waals surface area contributed by atoms with Crippen LogP contribution in [0.1, 0.15) is 37.3 Å². The monoisotopic (exact) mass is 542 g/mol. The average Bonchev–Trinajstić information content (AvgIpc) is 3.76. The van der Waals surface area contributed by atoms with Gasteiger partial charge in [0.2, 0.25) is 17.7 Å². The van der Waals surface area contributed by atoms with Gasteiger partial charge in [-0.3, -0.25) is 14.4 Å². The van der Waals surface area contributed by atoms with E-state index in [0.717, 1.165) is 12.8 Å². The number of ether oxygens (including phenoxy) is 1. The summed E-state index contributed by atoms with van der Waals surface area (Å²) in [6.45, 7) is 2.62. The molecule has 2 aromatic carbocycles. The average molecular weight is 543 g/mol. The lowest BCUT2D eigenvalue weighted by Gasteiger charge is -2.30. The van der Waals surface area contributed by atoms with Gasteiger partial charge in [-0.05, 0) is 80.0 Å². The Morgan fingerprint density at radius 1 is 0.974 bits per heavy atom. The van der Waals surface area contributed by atoms with Crippen molar-refractivity contribution in [2.24, 2.45) is 5.92 Å². The fourth-order valence-electron chi connectivity index (χ4n) is 4.70. The maximum absolute atomic E-state index is 14.0. The molecule has 0 radical (unpaired) electrons. The highest BCUT2D eigenvalue weighted by Crippen LogP contribution is 2.33. The normalized spacial score (nSPS) is 24.1. The second-order valence-corrected chi connectivity index (χ2v) is 10.3. The number of rotatable bonds is 3. The molecule has 210 valence electrons. The molecular formula is C29H36F2N4O4. The molecule has 1 aliphatic heterocycles. The van der Waals surface area contributed by atoms with Gasteiger partial charge in [0.15, 0.2) is 0 Å². The standard InChI is InChI=1S/C29H36F2N4O4/c1-18-27(36)34-24(16-19-5-9-22(30)10-6-19)28(37)33-13-3-4-21-17-23(31)11-12-25(21)39-15-14-32-26(20-7-8-20)29(38)35(18)2/h5-6,9-12,17-18,20,24,26,32H,3-4,7-8,13-16H2,1-2H3,(H,33,37)(H,34,36)/t18-,24-,26+/m1/s1. The van der Waals surface area contributed by atoms with Crippen molar-refractivity contribution in [1.29, 1.82) is 0 Å². The van der Waals surface area contributed by atoms with Crippen LogP contribution in [0.5, 0.6) is 5.75 Å². The van der Waals surface area contributed by atoms with E-state index in [2.05, 4.69) is 16.0 Å². The van der Waals surface area contributed by atoms with Crippen molar-refractivity contribution in [2.45, 2.75) is 57.2 Å². The second-order valence-electron chi connectivity index (χ2n) is 10.3. The maximum atomic E-state index is 14.0. The largest absolute Gasteiger partial charge is 0.492 e. The summed E-state index contributed by atoms with van der Waals surface area (Å²) in [6, 6.07) is 7.88. The summed E-state index contributed by atoms with van der Waals surface area (Å²) < 4.78 is 33.3. The van der Waals surface area contributed by atoms with Crippen molar-refractivity contribution < 1.29 is 27.9 Å². The lowest BCUT2D eigenvalue weighted by molar-refractivity contribution is -0.141. The summed E-state index contributed by atoms with van der Waals surface area (Å²) in [5.74, 6) is -1.10. The Balaban J connectivity index is 1.55. The molecule has 3 N–H and O–H groups in total. The first-order valence-electron chi connectivity index (χ1n) is 13.5. The number of nitrogens with zero attached hydrogens (tertiary/aromatic N) is 1. The van der Waals surface area contributed by atoms with Crippen molar-refractivity contribution in [2.75, 3.05) is 26.7 Å². The van der Waals surface area contributed by atoms with Crippen molar-refractivity contribution in [3.8, 4) is 5.75 Å². The first-order valence-corrected chi connectivity index (χ1v) is 13.5. The van der Waals surface area contributed by atoms with Crippen LogP contribution in [0.4, 0.5) is 8.78 Å². The zero-order chi connectivity index (χ0) is 27.9. The van der Waals surface area contributed by atoms with Crippen molar-refractivity contribution in [1.82, 2.24) is 20.9 Å². The molecule has 0 bridgehead atoms. The van der Waals surface area contributed by atoms with E-state index in [0.29, 0.717) is 42.8 Å². The number of hydrogen-bond donors (Lipinski definition) is 3. The van der Waals surface area contributed by atoms with Crippen LogP contribution in [0, 0.1) is 17.6 Å². The smallest absolute Gasteiger partial charge is 0.243 e. The summed E-state index contributed by atoms with van der Waals surface area (Å²) in [5.41, 5.74) is 1.36. The number of amides is 3. The lowest BCUT2D eigenvalue weighted by atomic mass is 10.0. The Bertz CT molecular complexity index is 1170. The van der Waals surface area contributed by atoms with Crippen LogP contribution in [-0.4, -0.2) is 67.5 Å². The topological polar surface area (TPSA) is 99.8 Å². The quantitative estimate of drug-likeness (QED) is 0.553. The number of nitrogens with one attached hydrogen (secondary N) is 3. The predicted molar refractivity (Wildman–Crippen MR) is 142 cm³/mol. The fourth-order valence-corrected chi connectivity index (χ4v) is 4.70. The number of halogens is 2. The molecule has 8 nitrogen and oxygen atoms in total. The van der Waals surface area contributed by atoms with Gasteiger partial charge in [-0.1, -0.05) is 12.1 Å². The highest BCUT2D eigenvalue weighted by molar-refractivity contribution is 5.93. The summed E-state index contributed by atoms with van der Waals surface area (Å²) in [6.07, 6.45) is 2.98. The first-order chi connectivity index (χ1) is 18.7. The molecular weight excluding hydrogens is 506 g/mol. The van der Waals surface area contributed by atoms with E-state index in [9.17, 15) is 23.2 Å². The Morgan fingerprint density at radius 2 is 1.69 bits per heavy atom. The Morgan fingerprint density at radius 3 is 2.41 bits per heavy atom. The molecule has 1 heterocycles. The van der Waals surface area contributed by atoms with Crippen molar-refractivity contribution >= 4 is 17.7 Å². The number of fused-ring (bicyclic) bond motifs is 1. The third-order valence-electron chi connectivity index (χ3n) is 7.32. The van der Waals surface area contributed by atoms with Crippen LogP contribution in [0.3, 0.4) is 0 Å². The number of carbonyl (C=O) groups is 3. The van der Waals surface area contributed by atoms with Crippen LogP contribution < -0.4 is 20.7 Å². The van der Waals surface area contributed by atoms with Gasteiger partial charge in [0.05, 0.1) is 6.04 Å². The third-order valence-corrected chi connectivity index (χ3v) is 7.32. The van der Waals surface area contributed by atoms with E-state index in [1.54, 1.807) is 32.2 Å². The molecule has 0 unspecified atom stereocenters. The minimum atomic E-state index is -0.932. The minimum Gasteiger partial charge on any atom is -0.492 e. The van der Waals surface area contributed by atoms with E-state index in [4.69, 9.17) is 4.74 Å². The van der Waals surface area contributed by atoms with E-state index >= 15 is 0 Å². The van der Waals surface area contributed by atoms with Gasteiger partial charge >= 0.3 is 0 Å². The van der Waals surface area contributed by atoms with Crippen molar-refractivity contribution in [3.05, 3.63) is 65.2 Å². The Kier molecular flexibility index (Phi) is 9.50. The number of likely N-dealkylation sites (N-methyl/N-ethyl adjacent to an activating group) is 1. The number of carbonyl (C=O) groups excluding carboxylic acids is 3. The second kappa shape index (κ2) is 13.0. The van der Waals surface area contributed by atoms with Crippen LogP contribution in [-0.2, 0) is 27.2 Å². The molecule has 1 saturated carbocycles. The Hall–Kier alpha value is -3.53. The number of benzene rings is 2. The van der Waals surface area contributed by atoms with Crippen LogP contribution in [0.2, 0.25) is 0 Å². The third kappa shape index (κ3) is 7.75. The molecule has 10 heteroatoms. The fraction of sp³-hybridized carbons (Fsp3) is 0.483. The molecule has 39 heavy (non-hydrogen) atoms. The van der Waals surface area contributed by atoms with Gasteiger partial charge in [0.1, 0.15) is 36.1 Å². The molecule has 1 aliphatic carbocycles. The molecule has 0 saturated heterocycles. The van der Waals surface area contributed by atoms with Gasteiger partial charge in [0.25, 0.3) is 0 Å². The highest BCUT2D eigenvalue weighted by Gasteiger charge is 2.39. The van der Waals surface area contributed by atoms with Gasteiger partial charge in [-0.2, -0.15) is 0 Å². The molecule has 4 rings (SSSR count). The van der Waals surface area contributed by atoms with E-state index < -0.39 is 35.8 Å². The maximum Gasteiger partial charge on any atom is 0.243 e. The van der Waals surface area contributed by atoms with Crippen LogP contribution >= 0.6 is 0 Å². The van der Waals surface area contributed by atoms with Gasteiger partial charge < -0.3 is 25.6 Å². The zero-order valence-corrected chi connectivity index (χ0v) is 22.3. The molecule has 1 fully saturated rings. The number of aryl methyl sites for hydroxylation is 1. The molecule has 3 atom stereocenters. The van der Waals surface area contributed by atoms with Gasteiger partial charge in [0, 0.05) is 26.6 Å². The molecule has 3 amide bonds. The summed E-state index contributed by atoms with van der Waals surface area (Å²) >= 11 is 0. The minimum absolute atomic E-state index is 0.149. The first kappa shape index (κ1) is 28.5. The highest BCUT2D eigenvalue weighted by atomic mass is 19.1. The van der Waals surface area contributed by atoms with Gasteiger partial charge in [-0.15, -0.1) is 0 Å². The predicted octanol–water partition coefficient (Wildman–Crippen LogP) is 2.35. The summed E-state index contributed by atoms with van der Waals surface area (Å²) in [7, 11) is 1.58. The van der Waals surface area contributed by atoms with E-state index in [1.165, 1.54) is 29.2 Å². The van der Waals surface area contributed by atoms with Crippen LogP contribution in [0.15, 0.2) is 42.5 Å². The van der Waals surface area contributed by atoms with E-state index in [1.807, 2.05) is 0 Å². The summed E-state index contributed by atoms with van der Waals surface area (Å²) in [4.78, 5) is 41.1. The van der Waals surface area contributed by atoms with Crippen LogP contribution in [0.25, 0.3) is 0 Å². The number of hydrogen-bond acceptors (Lipinski definition) is 5. The lowest BCUT2D eigenvalue weighted by Crippen LogP contribution is -2.56. The summed E-state index contributed by atoms with van der Waals surface area (Å²) in [5, 5.41) is 8.92.